The van der Waals surface area contributed by atoms with Crippen LogP contribution in [0.15, 0.2) is 27.7 Å². The van der Waals surface area contributed by atoms with Crippen LogP contribution >= 0.6 is 15.9 Å². The fourth-order valence-electron chi connectivity index (χ4n) is 1.16. The lowest BCUT2D eigenvalue weighted by molar-refractivity contribution is -0.138. The molecule has 0 amide bonds. The molecule has 5 nitrogen and oxygen atoms in total. The summed E-state index contributed by atoms with van der Waals surface area (Å²) in [5.41, 5.74) is 0.572. The summed E-state index contributed by atoms with van der Waals surface area (Å²) in [4.78, 5) is 27.2. The Morgan fingerprint density at radius 1 is 1.65 bits per heavy atom. The van der Waals surface area contributed by atoms with Gasteiger partial charge in [0.1, 0.15) is 4.47 Å². The van der Waals surface area contributed by atoms with E-state index < -0.39 is 5.97 Å². The van der Waals surface area contributed by atoms with E-state index in [1.54, 1.807) is 13.8 Å². The van der Waals surface area contributed by atoms with Crippen LogP contribution in [-0.4, -0.2) is 22.1 Å². The Hall–Kier alpha value is -1.43. The first-order valence-electron chi connectivity index (χ1n) is 5.03. The van der Waals surface area contributed by atoms with Gasteiger partial charge in [0, 0.05) is 5.57 Å². The summed E-state index contributed by atoms with van der Waals surface area (Å²) in [5.74, 6) is -0.504. The van der Waals surface area contributed by atoms with Gasteiger partial charge in [-0.2, -0.15) is 0 Å². The zero-order chi connectivity index (χ0) is 13.0. The monoisotopic (exact) mass is 300 g/mol. The average Bonchev–Trinajstić information content (AvgIpc) is 2.30. The Bertz CT molecular complexity index is 508. The van der Waals surface area contributed by atoms with Gasteiger partial charge in [-0.25, -0.2) is 9.78 Å². The van der Waals surface area contributed by atoms with Crippen LogP contribution in [0.25, 0.3) is 0 Å². The molecule has 0 atom stereocenters. The maximum atomic E-state index is 11.8. The van der Waals surface area contributed by atoms with Gasteiger partial charge < -0.3 is 4.74 Å². The van der Waals surface area contributed by atoms with E-state index in [1.807, 2.05) is 0 Å². The van der Waals surface area contributed by atoms with Gasteiger partial charge in [-0.15, -0.1) is 0 Å². The van der Waals surface area contributed by atoms with E-state index >= 15 is 0 Å². The molecule has 0 saturated heterocycles. The van der Waals surface area contributed by atoms with Gasteiger partial charge in [-0.05, 0) is 29.8 Å². The van der Waals surface area contributed by atoms with Crippen molar-refractivity contribution < 1.29 is 9.53 Å². The summed E-state index contributed by atoms with van der Waals surface area (Å²) >= 11 is 3.15. The molecule has 0 saturated carbocycles. The third-order valence-corrected chi connectivity index (χ3v) is 3.00. The molecule has 1 aromatic heterocycles. The first kappa shape index (κ1) is 13.6. The molecule has 0 radical (unpaired) electrons. The molecule has 0 N–H and O–H groups in total. The molecule has 0 aliphatic carbocycles. The van der Waals surface area contributed by atoms with E-state index in [2.05, 4.69) is 27.5 Å². The number of esters is 1. The van der Waals surface area contributed by atoms with Crippen molar-refractivity contribution in [2.75, 3.05) is 6.61 Å². The van der Waals surface area contributed by atoms with Gasteiger partial charge >= 0.3 is 5.97 Å². The molecule has 0 unspecified atom stereocenters. The lowest BCUT2D eigenvalue weighted by Gasteiger charge is -2.08. The number of hydrogen-bond acceptors (Lipinski definition) is 4. The van der Waals surface area contributed by atoms with E-state index in [-0.39, 0.29) is 24.3 Å². The minimum atomic E-state index is -0.504. The van der Waals surface area contributed by atoms with E-state index in [4.69, 9.17) is 4.74 Å². The maximum Gasteiger partial charge on any atom is 0.335 e. The lowest BCUT2D eigenvalue weighted by atomic mass is 10.3. The third kappa shape index (κ3) is 3.26. The number of nitrogens with zero attached hydrogens (tertiary/aromatic N) is 2. The predicted octanol–water partition coefficient (Wildman–Crippen LogP) is 1.43. The molecule has 1 heterocycles. The van der Waals surface area contributed by atoms with E-state index in [1.165, 1.54) is 10.9 Å². The molecule has 0 aliphatic rings. The van der Waals surface area contributed by atoms with Gasteiger partial charge in [0.2, 0.25) is 0 Å². The fourth-order valence-corrected chi connectivity index (χ4v) is 1.49. The predicted molar refractivity (Wildman–Crippen MR) is 66.7 cm³/mol. The summed E-state index contributed by atoms with van der Waals surface area (Å²) in [7, 11) is 0. The number of rotatable bonds is 4. The largest absolute Gasteiger partial charge is 0.463 e. The van der Waals surface area contributed by atoms with Gasteiger partial charge in [-0.1, -0.05) is 6.58 Å². The van der Waals surface area contributed by atoms with Crippen molar-refractivity contribution in [1.82, 2.24) is 9.55 Å². The van der Waals surface area contributed by atoms with Gasteiger partial charge in [-0.3, -0.25) is 9.36 Å². The van der Waals surface area contributed by atoms with E-state index in [9.17, 15) is 9.59 Å². The summed E-state index contributed by atoms with van der Waals surface area (Å²) in [6, 6.07) is 0. The second-order valence-corrected chi connectivity index (χ2v) is 4.19. The Morgan fingerprint density at radius 2 is 2.29 bits per heavy atom. The Kier molecular flexibility index (Phi) is 4.62. The van der Waals surface area contributed by atoms with E-state index in [0.29, 0.717) is 10.2 Å². The first-order chi connectivity index (χ1) is 7.97. The van der Waals surface area contributed by atoms with Crippen LogP contribution in [0.1, 0.15) is 12.6 Å². The summed E-state index contributed by atoms with van der Waals surface area (Å²) < 4.78 is 6.47. The van der Waals surface area contributed by atoms with Crippen molar-refractivity contribution in [2.24, 2.45) is 0 Å². The second kappa shape index (κ2) is 5.77. The smallest absolute Gasteiger partial charge is 0.335 e. The van der Waals surface area contributed by atoms with Crippen LogP contribution in [0.5, 0.6) is 0 Å². The standard InChI is InChI=1S/C11H13BrN2O3/c1-4-17-11(16)7(2)5-14-6-13-8(3)9(12)10(14)15/h6H,2,4-5H2,1,3H3. The number of carbonyl (C=O) groups is 1. The van der Waals surface area contributed by atoms with Crippen LogP contribution in [0.2, 0.25) is 0 Å². The van der Waals surface area contributed by atoms with Crippen molar-refractivity contribution in [3.8, 4) is 0 Å². The molecule has 0 aromatic carbocycles. The molecular formula is C11H13BrN2O3. The quantitative estimate of drug-likeness (QED) is 0.623. The summed E-state index contributed by atoms with van der Waals surface area (Å²) in [6.45, 7) is 7.37. The molecule has 0 bridgehead atoms. The minimum Gasteiger partial charge on any atom is -0.463 e. The highest BCUT2D eigenvalue weighted by molar-refractivity contribution is 9.10. The van der Waals surface area contributed by atoms with Gasteiger partial charge in [0.25, 0.3) is 5.56 Å². The number of hydrogen-bond donors (Lipinski definition) is 0. The number of carbonyl (C=O) groups excluding carboxylic acids is 1. The van der Waals surface area contributed by atoms with Crippen molar-refractivity contribution >= 4 is 21.9 Å². The molecule has 1 aromatic rings. The van der Waals surface area contributed by atoms with E-state index in [0.717, 1.165) is 0 Å². The fraction of sp³-hybridized carbons (Fsp3) is 0.364. The highest BCUT2D eigenvalue weighted by atomic mass is 79.9. The van der Waals surface area contributed by atoms with Gasteiger partial charge in [0.15, 0.2) is 0 Å². The number of aryl methyl sites for hydroxylation is 1. The van der Waals surface area contributed by atoms with Crippen molar-refractivity contribution in [2.45, 2.75) is 20.4 Å². The first-order valence-corrected chi connectivity index (χ1v) is 5.83. The van der Waals surface area contributed by atoms with Crippen LogP contribution in [0.4, 0.5) is 0 Å². The molecular weight excluding hydrogens is 288 g/mol. The molecule has 1 rings (SSSR count). The number of halogens is 1. The van der Waals surface area contributed by atoms with Crippen molar-refractivity contribution in [1.29, 1.82) is 0 Å². The average molecular weight is 301 g/mol. The molecule has 0 spiro atoms. The Labute approximate surface area is 107 Å². The second-order valence-electron chi connectivity index (χ2n) is 3.40. The Balaban J connectivity index is 2.90. The van der Waals surface area contributed by atoms with Crippen LogP contribution in [0.3, 0.4) is 0 Å². The molecule has 0 fully saturated rings. The van der Waals surface area contributed by atoms with Crippen LogP contribution in [0, 0.1) is 6.92 Å². The van der Waals surface area contributed by atoms with Gasteiger partial charge in [0.05, 0.1) is 25.2 Å². The lowest BCUT2D eigenvalue weighted by Crippen LogP contribution is -2.25. The zero-order valence-electron chi connectivity index (χ0n) is 9.70. The summed E-state index contributed by atoms with van der Waals surface area (Å²) in [6.07, 6.45) is 1.38. The normalized spacial score (nSPS) is 10.1. The molecule has 17 heavy (non-hydrogen) atoms. The third-order valence-electron chi connectivity index (χ3n) is 2.08. The van der Waals surface area contributed by atoms with Crippen LogP contribution in [-0.2, 0) is 16.1 Å². The molecule has 6 heteroatoms. The maximum absolute atomic E-state index is 11.8. The topological polar surface area (TPSA) is 61.2 Å². The summed E-state index contributed by atoms with van der Waals surface area (Å²) in [5, 5.41) is 0. The molecule has 0 aliphatic heterocycles. The highest BCUT2D eigenvalue weighted by Crippen LogP contribution is 2.07. The number of ether oxygens (including phenoxy) is 1. The van der Waals surface area contributed by atoms with Crippen molar-refractivity contribution in [3.63, 3.8) is 0 Å². The number of aromatic nitrogens is 2. The SMILES string of the molecule is C=C(Cn1cnc(C)c(Br)c1=O)C(=O)OCC. The zero-order valence-corrected chi connectivity index (χ0v) is 11.3. The van der Waals surface area contributed by atoms with Crippen LogP contribution < -0.4 is 5.56 Å². The highest BCUT2D eigenvalue weighted by Gasteiger charge is 2.11. The molecule has 92 valence electrons. The Morgan fingerprint density at radius 3 is 2.88 bits per heavy atom. The minimum absolute atomic E-state index is 0.0730. The van der Waals surface area contributed by atoms with Crippen molar-refractivity contribution in [3.05, 3.63) is 39.0 Å².